The molecule has 1 aromatic rings. The molecule has 0 aliphatic heterocycles. The molecule has 1 fully saturated rings. The van der Waals surface area contributed by atoms with Crippen molar-refractivity contribution < 1.29 is 19.4 Å². The molecule has 2 rings (SSSR count). The van der Waals surface area contributed by atoms with Crippen LogP contribution in [-0.4, -0.2) is 36.7 Å². The van der Waals surface area contributed by atoms with Crippen LogP contribution in [-0.2, 0) is 4.74 Å². The summed E-state index contributed by atoms with van der Waals surface area (Å²) in [6, 6.07) is 6.03. The molecule has 0 saturated heterocycles. The van der Waals surface area contributed by atoms with E-state index in [2.05, 4.69) is 5.32 Å². The molecule has 1 aromatic carbocycles. The zero-order chi connectivity index (χ0) is 13.8. The van der Waals surface area contributed by atoms with E-state index in [4.69, 9.17) is 9.84 Å². The number of methoxy groups -OCH3 is 1. The molecule has 1 aliphatic rings. The first kappa shape index (κ1) is 13.5. The molecule has 5 nitrogen and oxygen atoms in total. The summed E-state index contributed by atoms with van der Waals surface area (Å²) in [5.74, 6) is -0.811. The summed E-state index contributed by atoms with van der Waals surface area (Å²) in [6.45, 7) is 0.481. The first-order valence-corrected chi connectivity index (χ1v) is 6.25. The maximum absolute atomic E-state index is 12.1. The number of ether oxygens (including phenoxy) is 1. The van der Waals surface area contributed by atoms with Crippen LogP contribution in [0.2, 0.25) is 0 Å². The molecule has 1 saturated carbocycles. The van der Waals surface area contributed by atoms with Crippen molar-refractivity contribution in [1.82, 2.24) is 5.32 Å². The second-order valence-corrected chi connectivity index (χ2v) is 4.76. The van der Waals surface area contributed by atoms with E-state index in [9.17, 15) is 9.59 Å². The van der Waals surface area contributed by atoms with Gasteiger partial charge < -0.3 is 15.2 Å². The number of rotatable bonds is 6. The van der Waals surface area contributed by atoms with Gasteiger partial charge in [-0.1, -0.05) is 6.07 Å². The van der Waals surface area contributed by atoms with Crippen LogP contribution in [0.4, 0.5) is 0 Å². The molecule has 2 N–H and O–H groups in total. The molecule has 5 heteroatoms. The van der Waals surface area contributed by atoms with E-state index in [1.54, 1.807) is 19.2 Å². The Balaban J connectivity index is 2.06. The highest BCUT2D eigenvalue weighted by Gasteiger charge is 2.32. The molecular formula is C14H17NO4. The van der Waals surface area contributed by atoms with Gasteiger partial charge in [-0.05, 0) is 37.0 Å². The van der Waals surface area contributed by atoms with Crippen LogP contribution in [0.3, 0.4) is 0 Å². The number of amides is 1. The normalized spacial score (nSPS) is 15.8. The molecule has 0 radical (unpaired) electrons. The van der Waals surface area contributed by atoms with Crippen molar-refractivity contribution in [2.45, 2.75) is 18.9 Å². The Labute approximate surface area is 111 Å². The lowest BCUT2D eigenvalue weighted by molar-refractivity contribution is 0.0697. The smallest absolute Gasteiger partial charge is 0.335 e. The summed E-state index contributed by atoms with van der Waals surface area (Å²) in [5.41, 5.74) is 0.476. The molecule has 0 spiro atoms. The number of hydrogen-bond acceptors (Lipinski definition) is 3. The Bertz CT molecular complexity index is 482. The van der Waals surface area contributed by atoms with E-state index < -0.39 is 5.97 Å². The third-order valence-corrected chi connectivity index (χ3v) is 3.23. The minimum atomic E-state index is -1.04. The maximum Gasteiger partial charge on any atom is 0.335 e. The lowest BCUT2D eigenvalue weighted by Crippen LogP contribution is -2.39. The third kappa shape index (κ3) is 3.54. The number of carbonyl (C=O) groups excluding carboxylic acids is 1. The van der Waals surface area contributed by atoms with Crippen LogP contribution in [0.15, 0.2) is 24.3 Å². The summed E-state index contributed by atoms with van der Waals surface area (Å²) in [4.78, 5) is 22.9. The van der Waals surface area contributed by atoms with E-state index in [1.807, 2.05) is 0 Å². The van der Waals surface area contributed by atoms with Gasteiger partial charge in [-0.15, -0.1) is 0 Å². The summed E-state index contributed by atoms with van der Waals surface area (Å²) in [6.07, 6.45) is 2.20. The third-order valence-electron chi connectivity index (χ3n) is 3.23. The summed E-state index contributed by atoms with van der Waals surface area (Å²) >= 11 is 0. The fourth-order valence-electron chi connectivity index (χ4n) is 2.02. The van der Waals surface area contributed by atoms with Crippen molar-refractivity contribution in [3.05, 3.63) is 35.4 Å². The molecule has 0 bridgehead atoms. The predicted molar refractivity (Wildman–Crippen MR) is 69.3 cm³/mol. The standard InChI is InChI=1S/C14H17NO4/c1-19-8-12(9-5-6-9)15-13(16)10-3-2-4-11(7-10)14(17)18/h2-4,7,9,12H,5-6,8H2,1H3,(H,15,16)(H,17,18). The molecule has 1 amide bonds. The summed E-state index contributed by atoms with van der Waals surface area (Å²) < 4.78 is 5.10. The van der Waals surface area contributed by atoms with E-state index in [1.165, 1.54) is 12.1 Å². The van der Waals surface area contributed by atoms with Gasteiger partial charge in [-0.2, -0.15) is 0 Å². The Morgan fingerprint density at radius 1 is 1.42 bits per heavy atom. The molecule has 0 heterocycles. The van der Waals surface area contributed by atoms with Crippen LogP contribution < -0.4 is 5.32 Å². The zero-order valence-electron chi connectivity index (χ0n) is 10.8. The van der Waals surface area contributed by atoms with Gasteiger partial charge in [0, 0.05) is 12.7 Å². The number of carbonyl (C=O) groups is 2. The number of aromatic carboxylic acids is 1. The highest BCUT2D eigenvalue weighted by Crippen LogP contribution is 2.32. The van der Waals surface area contributed by atoms with E-state index >= 15 is 0 Å². The van der Waals surface area contributed by atoms with Gasteiger partial charge in [0.15, 0.2) is 0 Å². The average molecular weight is 263 g/mol. The van der Waals surface area contributed by atoms with Gasteiger partial charge in [-0.25, -0.2) is 4.79 Å². The molecule has 1 unspecified atom stereocenters. The fourth-order valence-corrected chi connectivity index (χ4v) is 2.02. The Hall–Kier alpha value is -1.88. The van der Waals surface area contributed by atoms with Crippen LogP contribution in [0.25, 0.3) is 0 Å². The van der Waals surface area contributed by atoms with Gasteiger partial charge in [0.05, 0.1) is 18.2 Å². The predicted octanol–water partition coefficient (Wildman–Crippen LogP) is 1.54. The highest BCUT2D eigenvalue weighted by molar-refractivity contribution is 5.97. The van der Waals surface area contributed by atoms with Gasteiger partial charge in [-0.3, -0.25) is 4.79 Å². The maximum atomic E-state index is 12.1. The van der Waals surface area contributed by atoms with E-state index in [0.29, 0.717) is 18.1 Å². The van der Waals surface area contributed by atoms with Crippen LogP contribution in [0.5, 0.6) is 0 Å². The zero-order valence-corrected chi connectivity index (χ0v) is 10.8. The monoisotopic (exact) mass is 263 g/mol. The number of carboxylic acid groups (broad SMARTS) is 1. The quantitative estimate of drug-likeness (QED) is 0.816. The van der Waals surface area contributed by atoms with Gasteiger partial charge in [0.25, 0.3) is 5.91 Å². The fraction of sp³-hybridized carbons (Fsp3) is 0.429. The number of benzene rings is 1. The largest absolute Gasteiger partial charge is 0.478 e. The summed E-state index contributed by atoms with van der Waals surface area (Å²) in [7, 11) is 1.60. The van der Waals surface area contributed by atoms with Gasteiger partial charge in [0.1, 0.15) is 0 Å². The minimum absolute atomic E-state index is 0.00554. The SMILES string of the molecule is COCC(NC(=O)c1cccc(C(=O)O)c1)C1CC1. The Morgan fingerprint density at radius 3 is 2.68 bits per heavy atom. The molecule has 102 valence electrons. The number of hydrogen-bond donors (Lipinski definition) is 2. The average Bonchev–Trinajstić information content (AvgIpc) is 3.22. The van der Waals surface area contributed by atoms with E-state index in [0.717, 1.165) is 12.8 Å². The van der Waals surface area contributed by atoms with Crippen molar-refractivity contribution in [3.8, 4) is 0 Å². The molecule has 1 atom stereocenters. The molecule has 1 aliphatic carbocycles. The second kappa shape index (κ2) is 5.84. The second-order valence-electron chi connectivity index (χ2n) is 4.76. The first-order valence-electron chi connectivity index (χ1n) is 6.25. The molecule has 19 heavy (non-hydrogen) atoms. The van der Waals surface area contributed by atoms with Crippen molar-refractivity contribution in [2.75, 3.05) is 13.7 Å². The number of carboxylic acids is 1. The highest BCUT2D eigenvalue weighted by atomic mass is 16.5. The van der Waals surface area contributed by atoms with Crippen molar-refractivity contribution in [1.29, 1.82) is 0 Å². The Kier molecular flexibility index (Phi) is 4.16. The molecule has 0 aromatic heterocycles. The lowest BCUT2D eigenvalue weighted by Gasteiger charge is -2.17. The Morgan fingerprint density at radius 2 is 2.11 bits per heavy atom. The van der Waals surface area contributed by atoms with Crippen LogP contribution in [0, 0.1) is 5.92 Å². The minimum Gasteiger partial charge on any atom is -0.478 e. The van der Waals surface area contributed by atoms with Crippen molar-refractivity contribution in [2.24, 2.45) is 5.92 Å². The topological polar surface area (TPSA) is 75.6 Å². The molecular weight excluding hydrogens is 246 g/mol. The first-order chi connectivity index (χ1) is 9.11. The lowest BCUT2D eigenvalue weighted by atomic mass is 10.1. The van der Waals surface area contributed by atoms with Crippen molar-refractivity contribution >= 4 is 11.9 Å². The number of nitrogens with one attached hydrogen (secondary N) is 1. The van der Waals surface area contributed by atoms with Crippen LogP contribution >= 0.6 is 0 Å². The summed E-state index contributed by atoms with van der Waals surface area (Å²) in [5, 5.41) is 11.8. The van der Waals surface area contributed by atoms with Gasteiger partial charge in [0.2, 0.25) is 0 Å². The van der Waals surface area contributed by atoms with Crippen molar-refractivity contribution in [3.63, 3.8) is 0 Å². The van der Waals surface area contributed by atoms with Crippen LogP contribution in [0.1, 0.15) is 33.6 Å². The van der Waals surface area contributed by atoms with E-state index in [-0.39, 0.29) is 17.5 Å². The van der Waals surface area contributed by atoms with Gasteiger partial charge >= 0.3 is 5.97 Å².